The Bertz CT molecular complexity index is 794. The van der Waals surface area contributed by atoms with Crippen LogP contribution in [-0.2, 0) is 16.1 Å². The van der Waals surface area contributed by atoms with Crippen molar-refractivity contribution in [3.8, 4) is 5.75 Å². The molecule has 0 saturated heterocycles. The van der Waals surface area contributed by atoms with E-state index >= 15 is 0 Å². The second-order valence-electron chi connectivity index (χ2n) is 5.98. The summed E-state index contributed by atoms with van der Waals surface area (Å²) in [6, 6.07) is 12.9. The highest BCUT2D eigenvalue weighted by atomic mass is 16.5. The van der Waals surface area contributed by atoms with Crippen molar-refractivity contribution < 1.29 is 14.3 Å². The van der Waals surface area contributed by atoms with Crippen LogP contribution in [0.25, 0.3) is 0 Å². The van der Waals surface area contributed by atoms with Crippen LogP contribution < -0.4 is 15.4 Å². The quantitative estimate of drug-likeness (QED) is 0.910. The van der Waals surface area contributed by atoms with Crippen LogP contribution in [0.3, 0.4) is 0 Å². The van der Waals surface area contributed by atoms with E-state index in [1.165, 1.54) is 4.90 Å². The zero-order valence-electron chi connectivity index (χ0n) is 14.2. The number of benzene rings is 1. The standard InChI is InChI=1S/C18H20N4O3/c1-12-18(24)22(17-14(25-12)8-9-15(19)20-17)11-16(23)21(2)10-13-6-4-3-5-7-13/h3-9,12H,10-11H2,1-2H3,(H2,19,20). The first kappa shape index (κ1) is 16.8. The monoisotopic (exact) mass is 340 g/mol. The molecule has 130 valence electrons. The summed E-state index contributed by atoms with van der Waals surface area (Å²) in [5.41, 5.74) is 6.73. The third-order valence-corrected chi connectivity index (χ3v) is 4.02. The molecule has 0 saturated carbocycles. The van der Waals surface area contributed by atoms with Gasteiger partial charge in [0.25, 0.3) is 5.91 Å². The van der Waals surface area contributed by atoms with Crippen LogP contribution in [0.2, 0.25) is 0 Å². The SMILES string of the molecule is CC1Oc2ccc(N)nc2N(CC(=O)N(C)Cc2ccccc2)C1=O. The van der Waals surface area contributed by atoms with E-state index < -0.39 is 6.10 Å². The summed E-state index contributed by atoms with van der Waals surface area (Å²) < 4.78 is 5.53. The number of hydrogen-bond acceptors (Lipinski definition) is 5. The van der Waals surface area contributed by atoms with Gasteiger partial charge in [-0.1, -0.05) is 30.3 Å². The van der Waals surface area contributed by atoms with Crippen LogP contribution >= 0.6 is 0 Å². The highest BCUT2D eigenvalue weighted by Gasteiger charge is 2.34. The fraction of sp³-hybridized carbons (Fsp3) is 0.278. The van der Waals surface area contributed by atoms with Gasteiger partial charge in [0.05, 0.1) is 0 Å². The number of ether oxygens (including phenoxy) is 1. The van der Waals surface area contributed by atoms with E-state index in [0.717, 1.165) is 5.56 Å². The Hall–Kier alpha value is -3.09. The lowest BCUT2D eigenvalue weighted by Crippen LogP contribution is -2.49. The maximum atomic E-state index is 12.6. The minimum Gasteiger partial charge on any atom is -0.477 e. The van der Waals surface area contributed by atoms with Gasteiger partial charge in [-0.05, 0) is 24.6 Å². The van der Waals surface area contributed by atoms with E-state index in [2.05, 4.69) is 4.98 Å². The number of amides is 2. The molecule has 0 radical (unpaired) electrons. The molecule has 1 atom stereocenters. The molecule has 1 unspecified atom stereocenters. The van der Waals surface area contributed by atoms with Crippen molar-refractivity contribution in [1.82, 2.24) is 9.88 Å². The maximum absolute atomic E-state index is 12.6. The predicted octanol–water partition coefficient (Wildman–Crippen LogP) is 1.44. The number of nitrogens with two attached hydrogens (primary N) is 1. The Morgan fingerprint density at radius 1 is 1.28 bits per heavy atom. The molecule has 2 heterocycles. The van der Waals surface area contributed by atoms with Gasteiger partial charge < -0.3 is 15.4 Å². The van der Waals surface area contributed by atoms with E-state index in [1.807, 2.05) is 30.3 Å². The van der Waals surface area contributed by atoms with Gasteiger partial charge in [-0.25, -0.2) is 4.98 Å². The van der Waals surface area contributed by atoms with Crippen LogP contribution in [-0.4, -0.2) is 41.4 Å². The summed E-state index contributed by atoms with van der Waals surface area (Å²) >= 11 is 0. The highest BCUT2D eigenvalue weighted by Crippen LogP contribution is 2.32. The molecule has 1 aliphatic heterocycles. The van der Waals surface area contributed by atoms with Gasteiger partial charge in [0.2, 0.25) is 5.91 Å². The molecule has 2 amide bonds. The van der Waals surface area contributed by atoms with Crippen molar-refractivity contribution in [3.05, 3.63) is 48.0 Å². The molecular formula is C18H20N4O3. The van der Waals surface area contributed by atoms with Gasteiger partial charge >= 0.3 is 0 Å². The fourth-order valence-electron chi connectivity index (χ4n) is 2.65. The summed E-state index contributed by atoms with van der Waals surface area (Å²) in [5.74, 6) is 0.484. The van der Waals surface area contributed by atoms with Gasteiger partial charge in [-0.3, -0.25) is 14.5 Å². The molecule has 2 N–H and O–H groups in total. The van der Waals surface area contributed by atoms with Gasteiger partial charge in [-0.2, -0.15) is 0 Å². The van der Waals surface area contributed by atoms with Gasteiger partial charge in [0.15, 0.2) is 17.7 Å². The van der Waals surface area contributed by atoms with Crippen LogP contribution in [0.15, 0.2) is 42.5 Å². The first-order valence-corrected chi connectivity index (χ1v) is 7.98. The smallest absolute Gasteiger partial charge is 0.269 e. The number of nitrogens with zero attached hydrogens (tertiary/aromatic N) is 3. The number of likely N-dealkylation sites (N-methyl/N-ethyl adjacent to an activating group) is 1. The van der Waals surface area contributed by atoms with E-state index in [-0.39, 0.29) is 30.0 Å². The minimum atomic E-state index is -0.676. The molecule has 7 nitrogen and oxygen atoms in total. The van der Waals surface area contributed by atoms with E-state index in [1.54, 1.807) is 31.0 Å². The molecule has 1 aromatic carbocycles. The zero-order valence-corrected chi connectivity index (χ0v) is 14.2. The number of fused-ring (bicyclic) bond motifs is 1. The summed E-state index contributed by atoms with van der Waals surface area (Å²) in [4.78, 5) is 32.1. The topological polar surface area (TPSA) is 88.8 Å². The second kappa shape index (κ2) is 6.80. The lowest BCUT2D eigenvalue weighted by molar-refractivity contribution is -0.132. The number of carbonyl (C=O) groups is 2. The molecular weight excluding hydrogens is 320 g/mol. The van der Waals surface area contributed by atoms with E-state index in [0.29, 0.717) is 12.3 Å². The van der Waals surface area contributed by atoms with Crippen molar-refractivity contribution in [1.29, 1.82) is 0 Å². The average Bonchev–Trinajstić information content (AvgIpc) is 2.60. The van der Waals surface area contributed by atoms with Gasteiger partial charge in [0, 0.05) is 13.6 Å². The fourth-order valence-corrected chi connectivity index (χ4v) is 2.65. The predicted molar refractivity (Wildman–Crippen MR) is 94.0 cm³/mol. The van der Waals surface area contributed by atoms with Crippen molar-refractivity contribution in [2.45, 2.75) is 19.6 Å². The van der Waals surface area contributed by atoms with Crippen LogP contribution in [0.5, 0.6) is 5.75 Å². The number of nitrogen functional groups attached to an aromatic ring is 1. The molecule has 0 bridgehead atoms. The van der Waals surface area contributed by atoms with Crippen molar-refractivity contribution >= 4 is 23.5 Å². The van der Waals surface area contributed by atoms with E-state index in [9.17, 15) is 9.59 Å². The molecule has 25 heavy (non-hydrogen) atoms. The van der Waals surface area contributed by atoms with Crippen LogP contribution in [0, 0.1) is 0 Å². The lowest BCUT2D eigenvalue weighted by atomic mass is 10.2. The van der Waals surface area contributed by atoms with Gasteiger partial charge in [-0.15, -0.1) is 0 Å². The Labute approximate surface area is 146 Å². The zero-order chi connectivity index (χ0) is 18.0. The Morgan fingerprint density at radius 3 is 2.72 bits per heavy atom. The maximum Gasteiger partial charge on any atom is 0.269 e. The largest absolute Gasteiger partial charge is 0.477 e. The molecule has 1 aromatic heterocycles. The number of anilines is 2. The summed E-state index contributed by atoms with van der Waals surface area (Å²) in [6.07, 6.45) is -0.676. The molecule has 0 aliphatic carbocycles. The minimum absolute atomic E-state index is 0.112. The molecule has 2 aromatic rings. The molecule has 0 spiro atoms. The van der Waals surface area contributed by atoms with Crippen LogP contribution in [0.1, 0.15) is 12.5 Å². The van der Waals surface area contributed by atoms with Crippen molar-refractivity contribution in [2.75, 3.05) is 24.2 Å². The molecule has 0 fully saturated rings. The number of pyridine rings is 1. The second-order valence-corrected chi connectivity index (χ2v) is 5.98. The summed E-state index contributed by atoms with van der Waals surface area (Å²) in [5, 5.41) is 0. The van der Waals surface area contributed by atoms with E-state index in [4.69, 9.17) is 10.5 Å². The molecule has 7 heteroatoms. The molecule has 3 rings (SSSR count). The summed E-state index contributed by atoms with van der Waals surface area (Å²) in [6.45, 7) is 2.00. The number of carbonyl (C=O) groups excluding carboxylic acids is 2. The number of aromatic nitrogens is 1. The Morgan fingerprint density at radius 2 is 2.00 bits per heavy atom. The number of rotatable bonds is 4. The Balaban J connectivity index is 1.78. The molecule has 1 aliphatic rings. The van der Waals surface area contributed by atoms with Crippen molar-refractivity contribution in [2.24, 2.45) is 0 Å². The van der Waals surface area contributed by atoms with Crippen molar-refractivity contribution in [3.63, 3.8) is 0 Å². The van der Waals surface area contributed by atoms with Crippen LogP contribution in [0.4, 0.5) is 11.6 Å². The first-order chi connectivity index (χ1) is 12.0. The lowest BCUT2D eigenvalue weighted by Gasteiger charge is -2.32. The third kappa shape index (κ3) is 3.55. The Kier molecular flexibility index (Phi) is 4.56. The highest BCUT2D eigenvalue weighted by molar-refractivity contribution is 6.02. The number of hydrogen-bond donors (Lipinski definition) is 1. The third-order valence-electron chi connectivity index (χ3n) is 4.02. The van der Waals surface area contributed by atoms with Gasteiger partial charge in [0.1, 0.15) is 12.4 Å². The average molecular weight is 340 g/mol. The normalized spacial score (nSPS) is 16.2. The summed E-state index contributed by atoms with van der Waals surface area (Å²) in [7, 11) is 1.71. The first-order valence-electron chi connectivity index (χ1n) is 7.98.